The standard InChI is InChI=1S/C23H23NO2/c1-2-10-22(18-11-5-3-6-12-18)23(25)24-19-13-9-16-21(17-19)26-20-14-7-4-8-15-20/h3-9,11-17,22H,2,10H2,1H3,(H,24,25). The zero-order valence-electron chi connectivity index (χ0n) is 14.9. The molecule has 0 radical (unpaired) electrons. The molecule has 3 heteroatoms. The molecule has 1 N–H and O–H groups in total. The summed E-state index contributed by atoms with van der Waals surface area (Å²) in [6.45, 7) is 2.09. The highest BCUT2D eigenvalue weighted by atomic mass is 16.5. The lowest BCUT2D eigenvalue weighted by Crippen LogP contribution is -2.21. The highest BCUT2D eigenvalue weighted by Crippen LogP contribution is 2.26. The number of para-hydroxylation sites is 1. The third kappa shape index (κ3) is 4.73. The predicted octanol–water partition coefficient (Wildman–Crippen LogP) is 6.00. The second-order valence-electron chi connectivity index (χ2n) is 6.18. The van der Waals surface area contributed by atoms with E-state index in [-0.39, 0.29) is 11.8 Å². The number of rotatable bonds is 7. The smallest absolute Gasteiger partial charge is 0.231 e. The Balaban J connectivity index is 1.73. The minimum atomic E-state index is -0.153. The minimum absolute atomic E-state index is 0.00918. The molecule has 3 aromatic carbocycles. The number of carbonyl (C=O) groups is 1. The van der Waals surface area contributed by atoms with Gasteiger partial charge < -0.3 is 10.1 Å². The molecule has 0 fully saturated rings. The zero-order chi connectivity index (χ0) is 18.2. The van der Waals surface area contributed by atoms with Gasteiger partial charge in [-0.2, -0.15) is 0 Å². The van der Waals surface area contributed by atoms with Crippen LogP contribution in [0.4, 0.5) is 5.69 Å². The minimum Gasteiger partial charge on any atom is -0.457 e. The Labute approximate surface area is 154 Å². The summed E-state index contributed by atoms with van der Waals surface area (Å²) >= 11 is 0. The monoisotopic (exact) mass is 345 g/mol. The van der Waals surface area contributed by atoms with E-state index in [2.05, 4.69) is 12.2 Å². The third-order valence-corrected chi connectivity index (χ3v) is 4.18. The Hall–Kier alpha value is -3.07. The molecule has 26 heavy (non-hydrogen) atoms. The summed E-state index contributed by atoms with van der Waals surface area (Å²) < 4.78 is 5.84. The fourth-order valence-corrected chi connectivity index (χ4v) is 2.91. The fraction of sp³-hybridized carbons (Fsp3) is 0.174. The van der Waals surface area contributed by atoms with E-state index in [0.717, 1.165) is 29.8 Å². The van der Waals surface area contributed by atoms with Crippen molar-refractivity contribution in [2.24, 2.45) is 0 Å². The van der Waals surface area contributed by atoms with Gasteiger partial charge in [-0.15, -0.1) is 0 Å². The normalized spacial score (nSPS) is 11.6. The van der Waals surface area contributed by atoms with Crippen LogP contribution in [0.1, 0.15) is 31.2 Å². The van der Waals surface area contributed by atoms with E-state index < -0.39 is 0 Å². The summed E-state index contributed by atoms with van der Waals surface area (Å²) in [6, 6.07) is 27.0. The molecule has 1 amide bonds. The molecule has 0 spiro atoms. The van der Waals surface area contributed by atoms with Crippen molar-refractivity contribution in [3.8, 4) is 11.5 Å². The highest BCUT2D eigenvalue weighted by molar-refractivity contribution is 5.96. The van der Waals surface area contributed by atoms with Crippen LogP contribution in [-0.4, -0.2) is 5.91 Å². The highest BCUT2D eigenvalue weighted by Gasteiger charge is 2.19. The maximum absolute atomic E-state index is 12.8. The molecule has 0 heterocycles. The summed E-state index contributed by atoms with van der Waals surface area (Å²) in [5, 5.41) is 3.03. The van der Waals surface area contributed by atoms with Crippen LogP contribution in [0.5, 0.6) is 11.5 Å². The SMILES string of the molecule is CCCC(C(=O)Nc1cccc(Oc2ccccc2)c1)c1ccccc1. The van der Waals surface area contributed by atoms with Gasteiger partial charge in [-0.1, -0.05) is 67.9 Å². The van der Waals surface area contributed by atoms with Gasteiger partial charge in [0.05, 0.1) is 5.92 Å². The molecule has 0 aliphatic carbocycles. The lowest BCUT2D eigenvalue weighted by atomic mass is 9.93. The molecule has 0 aliphatic heterocycles. The Morgan fingerprint density at radius 2 is 1.54 bits per heavy atom. The van der Waals surface area contributed by atoms with Crippen LogP contribution in [0.15, 0.2) is 84.9 Å². The van der Waals surface area contributed by atoms with Crippen LogP contribution >= 0.6 is 0 Å². The molecule has 3 aromatic rings. The molecule has 1 unspecified atom stereocenters. The zero-order valence-corrected chi connectivity index (χ0v) is 14.9. The molecule has 3 rings (SSSR count). The van der Waals surface area contributed by atoms with E-state index in [4.69, 9.17) is 4.74 Å². The van der Waals surface area contributed by atoms with Crippen molar-refractivity contribution >= 4 is 11.6 Å². The second-order valence-corrected chi connectivity index (χ2v) is 6.18. The van der Waals surface area contributed by atoms with E-state index in [9.17, 15) is 4.79 Å². The van der Waals surface area contributed by atoms with Crippen molar-refractivity contribution in [3.05, 3.63) is 90.5 Å². The lowest BCUT2D eigenvalue weighted by Gasteiger charge is -2.17. The summed E-state index contributed by atoms with van der Waals surface area (Å²) in [5.41, 5.74) is 1.78. The van der Waals surface area contributed by atoms with Gasteiger partial charge in [-0.25, -0.2) is 0 Å². The average Bonchev–Trinajstić information content (AvgIpc) is 2.68. The van der Waals surface area contributed by atoms with Crippen molar-refractivity contribution in [2.75, 3.05) is 5.32 Å². The topological polar surface area (TPSA) is 38.3 Å². The summed E-state index contributed by atoms with van der Waals surface area (Å²) in [4.78, 5) is 12.8. The molecule has 1 atom stereocenters. The molecule has 0 saturated heterocycles. The lowest BCUT2D eigenvalue weighted by molar-refractivity contribution is -0.117. The Bertz CT molecular complexity index is 831. The number of benzene rings is 3. The largest absolute Gasteiger partial charge is 0.457 e. The van der Waals surface area contributed by atoms with Crippen molar-refractivity contribution < 1.29 is 9.53 Å². The average molecular weight is 345 g/mol. The Kier molecular flexibility index (Phi) is 6.05. The quantitative estimate of drug-likeness (QED) is 0.570. The van der Waals surface area contributed by atoms with Crippen molar-refractivity contribution in [3.63, 3.8) is 0 Å². The van der Waals surface area contributed by atoms with Gasteiger partial charge in [0.25, 0.3) is 0 Å². The van der Waals surface area contributed by atoms with Gasteiger partial charge in [0.1, 0.15) is 11.5 Å². The van der Waals surface area contributed by atoms with Gasteiger partial charge in [-0.05, 0) is 36.2 Å². The van der Waals surface area contributed by atoms with Gasteiger partial charge in [0.2, 0.25) is 5.91 Å². The second kappa shape index (κ2) is 8.86. The van der Waals surface area contributed by atoms with Gasteiger partial charge in [-0.3, -0.25) is 4.79 Å². The summed E-state index contributed by atoms with van der Waals surface area (Å²) in [7, 11) is 0. The molecular weight excluding hydrogens is 322 g/mol. The van der Waals surface area contributed by atoms with Crippen LogP contribution in [0.2, 0.25) is 0 Å². The molecule has 0 bridgehead atoms. The Morgan fingerprint density at radius 1 is 0.885 bits per heavy atom. The van der Waals surface area contributed by atoms with Gasteiger partial charge in [0, 0.05) is 11.8 Å². The maximum Gasteiger partial charge on any atom is 0.231 e. The number of anilines is 1. The number of ether oxygens (including phenoxy) is 1. The van der Waals surface area contributed by atoms with Gasteiger partial charge in [0.15, 0.2) is 0 Å². The number of hydrogen-bond donors (Lipinski definition) is 1. The predicted molar refractivity (Wildman–Crippen MR) is 106 cm³/mol. The fourth-order valence-electron chi connectivity index (χ4n) is 2.91. The number of nitrogens with one attached hydrogen (secondary N) is 1. The van der Waals surface area contributed by atoms with Crippen molar-refractivity contribution in [2.45, 2.75) is 25.7 Å². The molecule has 0 aliphatic rings. The first-order valence-electron chi connectivity index (χ1n) is 8.95. The Morgan fingerprint density at radius 3 is 2.23 bits per heavy atom. The van der Waals surface area contributed by atoms with Crippen molar-refractivity contribution in [1.82, 2.24) is 0 Å². The summed E-state index contributed by atoms with van der Waals surface area (Å²) in [5.74, 6) is 1.32. The first-order valence-corrected chi connectivity index (χ1v) is 8.95. The van der Waals surface area contributed by atoms with Crippen LogP contribution in [-0.2, 0) is 4.79 Å². The molecule has 3 nitrogen and oxygen atoms in total. The molecule has 0 aromatic heterocycles. The van der Waals surface area contributed by atoms with E-state index in [0.29, 0.717) is 5.75 Å². The molecular formula is C23H23NO2. The van der Waals surface area contributed by atoms with Crippen LogP contribution in [0.3, 0.4) is 0 Å². The summed E-state index contributed by atoms with van der Waals surface area (Å²) in [6.07, 6.45) is 1.76. The van der Waals surface area contributed by atoms with E-state index in [1.807, 2.05) is 84.9 Å². The first kappa shape index (κ1) is 17.7. The number of hydrogen-bond acceptors (Lipinski definition) is 2. The number of amides is 1. The molecule has 0 saturated carbocycles. The van der Waals surface area contributed by atoms with E-state index in [1.54, 1.807) is 0 Å². The third-order valence-electron chi connectivity index (χ3n) is 4.18. The van der Waals surface area contributed by atoms with Crippen LogP contribution < -0.4 is 10.1 Å². The van der Waals surface area contributed by atoms with E-state index >= 15 is 0 Å². The first-order chi connectivity index (χ1) is 12.8. The molecule has 132 valence electrons. The number of carbonyl (C=O) groups excluding carboxylic acids is 1. The maximum atomic E-state index is 12.8. The van der Waals surface area contributed by atoms with Crippen molar-refractivity contribution in [1.29, 1.82) is 0 Å². The van der Waals surface area contributed by atoms with Gasteiger partial charge >= 0.3 is 0 Å². The van der Waals surface area contributed by atoms with Crippen LogP contribution in [0.25, 0.3) is 0 Å². The van der Waals surface area contributed by atoms with Crippen LogP contribution in [0, 0.1) is 0 Å². The van der Waals surface area contributed by atoms with E-state index in [1.165, 1.54) is 0 Å².